The minimum absolute atomic E-state index is 0.154. The Labute approximate surface area is 132 Å². The van der Waals surface area contributed by atoms with Crippen molar-refractivity contribution in [2.45, 2.75) is 53.0 Å². The van der Waals surface area contributed by atoms with Gasteiger partial charge in [-0.2, -0.15) is 0 Å². The highest BCUT2D eigenvalue weighted by atomic mass is 32.1. The van der Waals surface area contributed by atoms with Crippen LogP contribution in [0.5, 0.6) is 0 Å². The van der Waals surface area contributed by atoms with E-state index in [4.69, 9.17) is 0 Å². The summed E-state index contributed by atoms with van der Waals surface area (Å²) in [5, 5.41) is 6.84. The van der Waals surface area contributed by atoms with Gasteiger partial charge >= 0.3 is 0 Å². The Kier molecular flexibility index (Phi) is 4.61. The monoisotopic (exact) mass is 308 g/mol. The molecule has 5 heteroatoms. The minimum atomic E-state index is 0.154. The SMILES string of the molecule is CN=C(NCCCc1nc(C)cs1)N1CC(C)(C)C1(C)C. The molecule has 0 aliphatic carbocycles. The van der Waals surface area contributed by atoms with E-state index in [2.05, 4.69) is 53.3 Å². The molecule has 2 rings (SSSR count). The zero-order valence-corrected chi connectivity index (χ0v) is 15.0. The van der Waals surface area contributed by atoms with Crippen LogP contribution in [0.15, 0.2) is 10.4 Å². The van der Waals surface area contributed by atoms with Crippen molar-refractivity contribution in [1.29, 1.82) is 0 Å². The third-order valence-electron chi connectivity index (χ3n) is 4.87. The fourth-order valence-electron chi connectivity index (χ4n) is 2.65. The van der Waals surface area contributed by atoms with Gasteiger partial charge in [0.15, 0.2) is 5.96 Å². The molecule has 4 nitrogen and oxygen atoms in total. The number of nitrogens with zero attached hydrogens (tertiary/aromatic N) is 3. The molecule has 21 heavy (non-hydrogen) atoms. The maximum atomic E-state index is 4.50. The largest absolute Gasteiger partial charge is 0.356 e. The first kappa shape index (κ1) is 16.3. The lowest BCUT2D eigenvalue weighted by Crippen LogP contribution is -2.72. The van der Waals surface area contributed by atoms with E-state index in [0.717, 1.165) is 37.6 Å². The molecule has 2 heterocycles. The Bertz CT molecular complexity index is 516. The molecule has 1 N–H and O–H groups in total. The number of likely N-dealkylation sites (tertiary alicyclic amines) is 1. The minimum Gasteiger partial charge on any atom is -0.356 e. The summed E-state index contributed by atoms with van der Waals surface area (Å²) in [5.41, 5.74) is 1.62. The Morgan fingerprint density at radius 1 is 1.43 bits per heavy atom. The normalized spacial score (nSPS) is 20.3. The molecule has 0 bridgehead atoms. The standard InChI is InChI=1S/C16H28N4S/c1-12-10-21-13(19-12)8-7-9-18-14(17-6)20-11-15(2,3)16(20,4)5/h10H,7-9,11H2,1-6H3,(H,17,18). The van der Waals surface area contributed by atoms with Gasteiger partial charge in [-0.1, -0.05) is 13.8 Å². The second-order valence-electron chi connectivity index (χ2n) is 6.99. The second-order valence-corrected chi connectivity index (χ2v) is 7.93. The number of aromatic nitrogens is 1. The van der Waals surface area contributed by atoms with Crippen molar-refractivity contribution in [2.75, 3.05) is 20.1 Å². The van der Waals surface area contributed by atoms with Gasteiger partial charge in [0, 0.05) is 48.6 Å². The fraction of sp³-hybridized carbons (Fsp3) is 0.750. The summed E-state index contributed by atoms with van der Waals surface area (Å²) in [6.07, 6.45) is 2.13. The van der Waals surface area contributed by atoms with Gasteiger partial charge < -0.3 is 10.2 Å². The second kappa shape index (κ2) is 5.95. The lowest BCUT2D eigenvalue weighted by Gasteiger charge is -2.62. The van der Waals surface area contributed by atoms with Crippen LogP contribution >= 0.6 is 11.3 Å². The van der Waals surface area contributed by atoms with Crippen LogP contribution < -0.4 is 5.32 Å². The molecule has 1 saturated heterocycles. The Hall–Kier alpha value is -1.10. The predicted octanol–water partition coefficient (Wildman–Crippen LogP) is 3.08. The molecule has 1 aromatic rings. The van der Waals surface area contributed by atoms with E-state index >= 15 is 0 Å². The number of aryl methyl sites for hydroxylation is 2. The van der Waals surface area contributed by atoms with Crippen molar-refractivity contribution in [2.24, 2.45) is 10.4 Å². The van der Waals surface area contributed by atoms with E-state index in [0.29, 0.717) is 5.41 Å². The van der Waals surface area contributed by atoms with Gasteiger partial charge in [0.2, 0.25) is 0 Å². The van der Waals surface area contributed by atoms with E-state index in [9.17, 15) is 0 Å². The Morgan fingerprint density at radius 2 is 2.14 bits per heavy atom. The van der Waals surface area contributed by atoms with Gasteiger partial charge in [-0.15, -0.1) is 11.3 Å². The van der Waals surface area contributed by atoms with Crippen molar-refractivity contribution in [3.63, 3.8) is 0 Å². The number of aliphatic imine (C=N–C) groups is 1. The predicted molar refractivity (Wildman–Crippen MR) is 91.1 cm³/mol. The molecule has 0 unspecified atom stereocenters. The maximum absolute atomic E-state index is 4.50. The maximum Gasteiger partial charge on any atom is 0.194 e. The molecule has 0 radical (unpaired) electrons. The van der Waals surface area contributed by atoms with Crippen molar-refractivity contribution in [3.05, 3.63) is 16.1 Å². The van der Waals surface area contributed by atoms with E-state index in [1.54, 1.807) is 11.3 Å². The third kappa shape index (κ3) is 3.23. The van der Waals surface area contributed by atoms with Crippen LogP contribution in [0, 0.1) is 12.3 Å². The molecule has 1 aliphatic heterocycles. The van der Waals surface area contributed by atoms with Crippen molar-refractivity contribution >= 4 is 17.3 Å². The van der Waals surface area contributed by atoms with E-state index < -0.39 is 0 Å². The number of rotatable bonds is 4. The lowest BCUT2D eigenvalue weighted by atomic mass is 9.65. The van der Waals surface area contributed by atoms with Crippen molar-refractivity contribution in [3.8, 4) is 0 Å². The zero-order chi connectivity index (χ0) is 15.7. The van der Waals surface area contributed by atoms with Crippen LogP contribution in [0.2, 0.25) is 0 Å². The number of nitrogens with one attached hydrogen (secondary N) is 1. The van der Waals surface area contributed by atoms with Crippen LogP contribution in [0.25, 0.3) is 0 Å². The zero-order valence-electron chi connectivity index (χ0n) is 14.2. The number of hydrogen-bond acceptors (Lipinski definition) is 3. The highest BCUT2D eigenvalue weighted by molar-refractivity contribution is 7.09. The first-order chi connectivity index (χ1) is 9.78. The lowest BCUT2D eigenvalue weighted by molar-refractivity contribution is -0.0667. The number of guanidine groups is 1. The quantitative estimate of drug-likeness (QED) is 0.528. The summed E-state index contributed by atoms with van der Waals surface area (Å²) < 4.78 is 0. The van der Waals surface area contributed by atoms with Gasteiger partial charge in [0.25, 0.3) is 0 Å². The van der Waals surface area contributed by atoms with Gasteiger partial charge in [-0.3, -0.25) is 4.99 Å². The molecule has 0 saturated carbocycles. The van der Waals surface area contributed by atoms with Gasteiger partial charge in [-0.25, -0.2) is 4.98 Å². The molecule has 118 valence electrons. The summed E-state index contributed by atoms with van der Waals surface area (Å²) in [5.74, 6) is 1.02. The number of thiazole rings is 1. The van der Waals surface area contributed by atoms with Gasteiger partial charge in [-0.05, 0) is 27.2 Å². The van der Waals surface area contributed by atoms with Crippen molar-refractivity contribution in [1.82, 2.24) is 15.2 Å². The third-order valence-corrected chi connectivity index (χ3v) is 5.90. The first-order valence-corrected chi connectivity index (χ1v) is 8.55. The molecular weight excluding hydrogens is 280 g/mol. The van der Waals surface area contributed by atoms with E-state index in [-0.39, 0.29) is 5.54 Å². The highest BCUT2D eigenvalue weighted by Gasteiger charge is 2.53. The van der Waals surface area contributed by atoms with Crippen LogP contribution in [0.1, 0.15) is 44.8 Å². The van der Waals surface area contributed by atoms with E-state index in [1.807, 2.05) is 14.0 Å². The molecule has 1 aliphatic rings. The molecule has 1 fully saturated rings. The average molecular weight is 308 g/mol. The van der Waals surface area contributed by atoms with Crippen molar-refractivity contribution < 1.29 is 0 Å². The molecular formula is C16H28N4S. The summed E-state index contributed by atoms with van der Waals surface area (Å²) >= 11 is 1.76. The number of hydrogen-bond donors (Lipinski definition) is 1. The van der Waals surface area contributed by atoms with Crippen LogP contribution in [0.4, 0.5) is 0 Å². The topological polar surface area (TPSA) is 40.5 Å². The molecule has 0 atom stereocenters. The molecule has 0 spiro atoms. The summed E-state index contributed by atoms with van der Waals surface area (Å²) in [4.78, 5) is 11.3. The van der Waals surface area contributed by atoms with E-state index in [1.165, 1.54) is 5.01 Å². The van der Waals surface area contributed by atoms with Gasteiger partial charge in [0.1, 0.15) is 0 Å². The molecule has 0 aromatic carbocycles. The first-order valence-electron chi connectivity index (χ1n) is 7.67. The molecule has 1 aromatic heterocycles. The summed E-state index contributed by atoms with van der Waals surface area (Å²) in [7, 11) is 1.87. The molecule has 0 amide bonds. The van der Waals surface area contributed by atoms with Crippen LogP contribution in [-0.2, 0) is 6.42 Å². The average Bonchev–Trinajstić information content (AvgIpc) is 2.83. The smallest absolute Gasteiger partial charge is 0.194 e. The Balaban J connectivity index is 1.79. The summed E-state index contributed by atoms with van der Waals surface area (Å²) in [6, 6.07) is 0. The summed E-state index contributed by atoms with van der Waals surface area (Å²) in [6.45, 7) is 13.3. The van der Waals surface area contributed by atoms with Crippen LogP contribution in [0.3, 0.4) is 0 Å². The van der Waals surface area contributed by atoms with Crippen LogP contribution in [-0.4, -0.2) is 41.5 Å². The Morgan fingerprint density at radius 3 is 2.62 bits per heavy atom. The highest BCUT2D eigenvalue weighted by Crippen LogP contribution is 2.46. The van der Waals surface area contributed by atoms with Gasteiger partial charge in [0.05, 0.1) is 5.01 Å². The fourth-order valence-corrected chi connectivity index (χ4v) is 3.47.